The molecule has 0 atom stereocenters. The fourth-order valence-corrected chi connectivity index (χ4v) is 2.64. The quantitative estimate of drug-likeness (QED) is 0.625. The summed E-state index contributed by atoms with van der Waals surface area (Å²) >= 11 is 0. The smallest absolute Gasteiger partial charge is 0.276 e. The topological polar surface area (TPSA) is 73.2 Å². The van der Waals surface area contributed by atoms with Gasteiger partial charge in [-0.05, 0) is 42.3 Å². The Balaban J connectivity index is 1.65. The summed E-state index contributed by atoms with van der Waals surface area (Å²) in [5.41, 5.74) is 1.31. The third kappa shape index (κ3) is 5.75. The van der Waals surface area contributed by atoms with Crippen molar-refractivity contribution < 1.29 is 13.9 Å². The Labute approximate surface area is 168 Å². The minimum absolute atomic E-state index is 0.165. The van der Waals surface area contributed by atoms with Gasteiger partial charge >= 0.3 is 0 Å². The number of halogens is 1. The van der Waals surface area contributed by atoms with E-state index < -0.39 is 5.91 Å². The third-order valence-electron chi connectivity index (χ3n) is 4.23. The number of nitrogens with one attached hydrogen (secondary N) is 1. The molecule has 0 radical (unpaired) electrons. The van der Waals surface area contributed by atoms with Crippen LogP contribution in [-0.2, 0) is 13.2 Å². The molecule has 0 bridgehead atoms. The molecule has 3 aromatic rings. The molecule has 0 saturated carbocycles. The van der Waals surface area contributed by atoms with Crippen molar-refractivity contribution in [1.82, 2.24) is 9.78 Å². The highest BCUT2D eigenvalue weighted by atomic mass is 19.1. The predicted molar refractivity (Wildman–Crippen MR) is 109 cm³/mol. The van der Waals surface area contributed by atoms with E-state index in [0.29, 0.717) is 18.0 Å². The zero-order chi connectivity index (χ0) is 20.6. The molecule has 0 spiro atoms. The van der Waals surface area contributed by atoms with Crippen LogP contribution < -0.4 is 15.6 Å². The molecule has 1 N–H and O–H groups in total. The number of nitrogens with zero attached hydrogens (tertiary/aromatic N) is 2. The molecule has 0 aliphatic rings. The molecule has 150 valence electrons. The monoisotopic (exact) mass is 395 g/mol. The van der Waals surface area contributed by atoms with Crippen LogP contribution in [-0.4, -0.2) is 15.7 Å². The van der Waals surface area contributed by atoms with Gasteiger partial charge in [0, 0.05) is 24.4 Å². The fourth-order valence-electron chi connectivity index (χ4n) is 2.64. The van der Waals surface area contributed by atoms with Crippen LogP contribution in [0.3, 0.4) is 0 Å². The lowest BCUT2D eigenvalue weighted by molar-refractivity contribution is 0.101. The Bertz CT molecular complexity index is 1030. The first-order valence-electron chi connectivity index (χ1n) is 9.42. The minimum Gasteiger partial charge on any atom is -0.489 e. The molecule has 2 aromatic carbocycles. The van der Waals surface area contributed by atoms with Crippen molar-refractivity contribution in [3.8, 4) is 5.75 Å². The molecular weight excluding hydrogens is 373 g/mol. The molecule has 1 heterocycles. The normalized spacial score (nSPS) is 10.6. The first kappa shape index (κ1) is 20.3. The average molecular weight is 395 g/mol. The number of amides is 1. The van der Waals surface area contributed by atoms with E-state index in [1.54, 1.807) is 36.4 Å². The number of rotatable bonds is 8. The third-order valence-corrected chi connectivity index (χ3v) is 4.23. The lowest BCUT2D eigenvalue weighted by Gasteiger charge is -2.10. The number of carbonyl (C=O) groups excluding carboxylic acids is 1. The average Bonchev–Trinajstić information content (AvgIpc) is 2.73. The fraction of sp³-hybridized carbons (Fsp3) is 0.227. The lowest BCUT2D eigenvalue weighted by Crippen LogP contribution is -2.26. The van der Waals surface area contributed by atoms with Crippen LogP contribution >= 0.6 is 0 Å². The molecule has 3 rings (SSSR count). The standard InChI is InChI=1S/C22H22FN3O3/c1-2-3-13-26-21(27)12-11-20(25-26)22(28)24-18-5-4-6-19(14-18)29-15-16-7-9-17(23)10-8-16/h4-12,14H,2-3,13,15H2,1H3,(H,24,28). The second kappa shape index (κ2) is 9.64. The molecule has 1 amide bonds. The SMILES string of the molecule is CCCCn1nc(C(=O)Nc2cccc(OCc3ccc(F)cc3)c2)ccc1=O. The van der Waals surface area contributed by atoms with Crippen molar-refractivity contribution in [3.63, 3.8) is 0 Å². The molecule has 7 heteroatoms. The Morgan fingerprint density at radius 2 is 1.93 bits per heavy atom. The van der Waals surface area contributed by atoms with Gasteiger partial charge in [-0.1, -0.05) is 31.5 Å². The van der Waals surface area contributed by atoms with Crippen LogP contribution in [0.4, 0.5) is 10.1 Å². The van der Waals surface area contributed by atoms with Gasteiger partial charge in [0.1, 0.15) is 23.9 Å². The summed E-state index contributed by atoms with van der Waals surface area (Å²) in [4.78, 5) is 24.4. The van der Waals surface area contributed by atoms with E-state index in [9.17, 15) is 14.0 Å². The number of ether oxygens (including phenoxy) is 1. The maximum absolute atomic E-state index is 13.0. The van der Waals surface area contributed by atoms with Crippen LogP contribution in [0.2, 0.25) is 0 Å². The van der Waals surface area contributed by atoms with Gasteiger partial charge in [-0.2, -0.15) is 5.10 Å². The summed E-state index contributed by atoms with van der Waals surface area (Å²) < 4.78 is 20.0. The molecule has 0 aliphatic heterocycles. The van der Waals surface area contributed by atoms with Crippen LogP contribution in [0, 0.1) is 5.82 Å². The summed E-state index contributed by atoms with van der Waals surface area (Å²) in [6, 6.07) is 15.8. The maximum atomic E-state index is 13.0. The Morgan fingerprint density at radius 3 is 2.69 bits per heavy atom. The molecule has 0 fully saturated rings. The highest BCUT2D eigenvalue weighted by Crippen LogP contribution is 2.19. The van der Waals surface area contributed by atoms with Gasteiger partial charge in [0.2, 0.25) is 0 Å². The van der Waals surface area contributed by atoms with Gasteiger partial charge in [-0.15, -0.1) is 0 Å². The highest BCUT2D eigenvalue weighted by molar-refractivity contribution is 6.02. The Morgan fingerprint density at radius 1 is 1.14 bits per heavy atom. The number of hydrogen-bond donors (Lipinski definition) is 1. The van der Waals surface area contributed by atoms with E-state index in [1.807, 2.05) is 6.92 Å². The van der Waals surface area contributed by atoms with Crippen molar-refractivity contribution >= 4 is 11.6 Å². The molecule has 1 aromatic heterocycles. The van der Waals surface area contributed by atoms with Gasteiger partial charge in [0.15, 0.2) is 0 Å². The molecule has 6 nitrogen and oxygen atoms in total. The summed E-state index contributed by atoms with van der Waals surface area (Å²) in [6.07, 6.45) is 1.74. The molecular formula is C22H22FN3O3. The number of benzene rings is 2. The minimum atomic E-state index is -0.411. The van der Waals surface area contributed by atoms with Gasteiger partial charge < -0.3 is 10.1 Å². The first-order valence-corrected chi connectivity index (χ1v) is 9.42. The summed E-state index contributed by atoms with van der Waals surface area (Å²) in [5, 5.41) is 6.90. The second-order valence-corrected chi connectivity index (χ2v) is 6.53. The van der Waals surface area contributed by atoms with E-state index in [0.717, 1.165) is 18.4 Å². The maximum Gasteiger partial charge on any atom is 0.276 e. The van der Waals surface area contributed by atoms with Crippen LogP contribution in [0.15, 0.2) is 65.5 Å². The summed E-state index contributed by atoms with van der Waals surface area (Å²) in [7, 11) is 0. The van der Waals surface area contributed by atoms with Gasteiger partial charge in [0.05, 0.1) is 0 Å². The summed E-state index contributed by atoms with van der Waals surface area (Å²) in [5.74, 6) is -0.146. The van der Waals surface area contributed by atoms with Crippen LogP contribution in [0.5, 0.6) is 5.75 Å². The van der Waals surface area contributed by atoms with Crippen molar-refractivity contribution in [2.75, 3.05) is 5.32 Å². The van der Waals surface area contributed by atoms with Gasteiger partial charge in [-0.3, -0.25) is 9.59 Å². The Hall–Kier alpha value is -3.48. The zero-order valence-corrected chi connectivity index (χ0v) is 16.1. The van der Waals surface area contributed by atoms with E-state index in [-0.39, 0.29) is 23.7 Å². The summed E-state index contributed by atoms with van der Waals surface area (Å²) in [6.45, 7) is 2.78. The van der Waals surface area contributed by atoms with Gasteiger partial charge in [0.25, 0.3) is 11.5 Å². The lowest BCUT2D eigenvalue weighted by atomic mass is 10.2. The van der Waals surface area contributed by atoms with Crippen molar-refractivity contribution in [3.05, 3.63) is 88.1 Å². The van der Waals surface area contributed by atoms with Crippen molar-refractivity contribution in [2.24, 2.45) is 0 Å². The molecule has 0 unspecified atom stereocenters. The van der Waals surface area contributed by atoms with E-state index in [4.69, 9.17) is 4.74 Å². The zero-order valence-electron chi connectivity index (χ0n) is 16.1. The predicted octanol–water partition coefficient (Wildman–Crippen LogP) is 4.01. The number of aromatic nitrogens is 2. The van der Waals surface area contributed by atoms with Gasteiger partial charge in [-0.25, -0.2) is 9.07 Å². The molecule has 0 aliphatic carbocycles. The van der Waals surface area contributed by atoms with Crippen LogP contribution in [0.25, 0.3) is 0 Å². The Kier molecular flexibility index (Phi) is 6.73. The number of unbranched alkanes of at least 4 members (excludes halogenated alkanes) is 1. The molecule has 0 saturated heterocycles. The number of hydrogen-bond acceptors (Lipinski definition) is 4. The number of carbonyl (C=O) groups is 1. The van der Waals surface area contributed by atoms with E-state index >= 15 is 0 Å². The van der Waals surface area contributed by atoms with Crippen molar-refractivity contribution in [2.45, 2.75) is 32.9 Å². The van der Waals surface area contributed by atoms with Crippen molar-refractivity contribution in [1.29, 1.82) is 0 Å². The first-order chi connectivity index (χ1) is 14.0. The number of aryl methyl sites for hydroxylation is 1. The van der Waals surface area contributed by atoms with Crippen LogP contribution in [0.1, 0.15) is 35.8 Å². The molecule has 29 heavy (non-hydrogen) atoms. The number of anilines is 1. The van der Waals surface area contributed by atoms with E-state index in [1.165, 1.54) is 28.9 Å². The largest absolute Gasteiger partial charge is 0.489 e. The second-order valence-electron chi connectivity index (χ2n) is 6.53. The van der Waals surface area contributed by atoms with E-state index in [2.05, 4.69) is 10.4 Å². The highest BCUT2D eigenvalue weighted by Gasteiger charge is 2.10.